The largest absolute Gasteiger partial charge is 0.478 e. The maximum Gasteiger partial charge on any atom is 0.335 e. The van der Waals surface area contributed by atoms with Crippen LogP contribution in [0.25, 0.3) is 0 Å². The van der Waals surface area contributed by atoms with E-state index in [1.165, 1.54) is 19.2 Å². The molecule has 6 nitrogen and oxygen atoms in total. The molecule has 0 radical (unpaired) electrons. The average molecular weight is 270 g/mol. The highest BCUT2D eigenvalue weighted by molar-refractivity contribution is 5.91. The topological polar surface area (TPSA) is 87.7 Å². The lowest BCUT2D eigenvalue weighted by Gasteiger charge is -2.14. The fourth-order valence-electron chi connectivity index (χ4n) is 1.42. The lowest BCUT2D eigenvalue weighted by Crippen LogP contribution is -2.38. The number of carboxylic acids is 1. The number of benzene rings is 1. The first-order chi connectivity index (χ1) is 8.93. The molecule has 0 fully saturated rings. The van der Waals surface area contributed by atoms with E-state index in [4.69, 9.17) is 9.84 Å². The fraction of sp³-hybridized carbons (Fsp3) is 0.333. The van der Waals surface area contributed by atoms with Crippen molar-refractivity contribution in [2.45, 2.75) is 13.0 Å². The van der Waals surface area contributed by atoms with Crippen molar-refractivity contribution in [3.63, 3.8) is 0 Å². The van der Waals surface area contributed by atoms with Crippen LogP contribution in [-0.4, -0.2) is 36.9 Å². The van der Waals surface area contributed by atoms with Crippen LogP contribution in [0.5, 0.6) is 0 Å². The summed E-state index contributed by atoms with van der Waals surface area (Å²) >= 11 is 0. The zero-order valence-electron chi connectivity index (χ0n) is 10.6. The molecule has 104 valence electrons. The molecule has 0 bridgehead atoms. The number of nitrogens with one attached hydrogen (secondary N) is 2. The molecule has 19 heavy (non-hydrogen) atoms. The summed E-state index contributed by atoms with van der Waals surface area (Å²) < 4.78 is 18.4. The Bertz CT molecular complexity index is 479. The van der Waals surface area contributed by atoms with Crippen molar-refractivity contribution in [3.8, 4) is 0 Å². The van der Waals surface area contributed by atoms with Gasteiger partial charge in [0.2, 0.25) is 0 Å². The molecule has 3 N–H and O–H groups in total. The van der Waals surface area contributed by atoms with Crippen LogP contribution in [-0.2, 0) is 4.74 Å². The summed E-state index contributed by atoms with van der Waals surface area (Å²) in [5.41, 5.74) is -0.275. The van der Waals surface area contributed by atoms with E-state index in [0.717, 1.165) is 6.07 Å². The number of halogens is 1. The number of carboxylic acid groups (broad SMARTS) is 1. The number of urea groups is 1. The van der Waals surface area contributed by atoms with Crippen molar-refractivity contribution in [1.29, 1.82) is 0 Å². The number of hydrogen-bond acceptors (Lipinski definition) is 3. The molecule has 0 aliphatic heterocycles. The number of amides is 2. The highest BCUT2D eigenvalue weighted by Crippen LogP contribution is 2.15. The highest BCUT2D eigenvalue weighted by Gasteiger charge is 2.12. The van der Waals surface area contributed by atoms with Crippen molar-refractivity contribution >= 4 is 17.7 Å². The Hall–Kier alpha value is -2.15. The lowest BCUT2D eigenvalue weighted by atomic mass is 10.2. The monoisotopic (exact) mass is 270 g/mol. The number of carbonyl (C=O) groups excluding carboxylic acids is 1. The van der Waals surface area contributed by atoms with E-state index in [1.54, 1.807) is 6.92 Å². The van der Waals surface area contributed by atoms with Crippen LogP contribution in [0.2, 0.25) is 0 Å². The molecule has 1 unspecified atom stereocenters. The summed E-state index contributed by atoms with van der Waals surface area (Å²) in [5, 5.41) is 13.5. The van der Waals surface area contributed by atoms with Crippen LogP contribution in [0.4, 0.5) is 14.9 Å². The summed E-state index contributed by atoms with van der Waals surface area (Å²) in [6.07, 6.45) is 0. The van der Waals surface area contributed by atoms with E-state index in [1.807, 2.05) is 0 Å². The lowest BCUT2D eigenvalue weighted by molar-refractivity contribution is 0.0696. The molecule has 0 saturated heterocycles. The van der Waals surface area contributed by atoms with Gasteiger partial charge >= 0.3 is 12.0 Å². The zero-order valence-corrected chi connectivity index (χ0v) is 10.6. The second kappa shape index (κ2) is 6.69. The van der Waals surface area contributed by atoms with Crippen LogP contribution in [0.3, 0.4) is 0 Å². The van der Waals surface area contributed by atoms with E-state index in [-0.39, 0.29) is 17.3 Å². The number of methoxy groups -OCH3 is 1. The van der Waals surface area contributed by atoms with E-state index in [2.05, 4.69) is 10.6 Å². The maximum absolute atomic E-state index is 13.5. The molecule has 2 amide bonds. The standard InChI is InChI=1S/C12H15FN2O4/c1-7(6-19-2)14-12(18)15-10-4-3-8(11(16)17)5-9(10)13/h3-5,7H,6H2,1-2H3,(H,16,17)(H2,14,15,18). The third-order valence-corrected chi connectivity index (χ3v) is 2.26. The van der Waals surface area contributed by atoms with Gasteiger partial charge in [-0.3, -0.25) is 0 Å². The van der Waals surface area contributed by atoms with Gasteiger partial charge in [0.05, 0.1) is 23.9 Å². The Morgan fingerprint density at radius 1 is 1.47 bits per heavy atom. The van der Waals surface area contributed by atoms with Gasteiger partial charge in [-0.25, -0.2) is 14.0 Å². The summed E-state index contributed by atoms with van der Waals surface area (Å²) in [5.74, 6) is -2.04. The smallest absolute Gasteiger partial charge is 0.335 e. The second-order valence-corrected chi connectivity index (χ2v) is 3.95. The molecule has 0 spiro atoms. The Kier molecular flexibility index (Phi) is 5.25. The second-order valence-electron chi connectivity index (χ2n) is 3.95. The van der Waals surface area contributed by atoms with Crippen LogP contribution in [0, 0.1) is 5.82 Å². The number of carbonyl (C=O) groups is 2. The van der Waals surface area contributed by atoms with Gasteiger partial charge in [-0.15, -0.1) is 0 Å². The molecule has 0 heterocycles. The Balaban J connectivity index is 2.67. The minimum Gasteiger partial charge on any atom is -0.478 e. The van der Waals surface area contributed by atoms with Crippen LogP contribution >= 0.6 is 0 Å². The van der Waals surface area contributed by atoms with Gasteiger partial charge in [-0.05, 0) is 25.1 Å². The number of aromatic carboxylic acids is 1. The van der Waals surface area contributed by atoms with Crippen molar-refractivity contribution < 1.29 is 23.8 Å². The number of hydrogen-bond donors (Lipinski definition) is 3. The number of ether oxygens (including phenoxy) is 1. The Morgan fingerprint density at radius 3 is 2.68 bits per heavy atom. The first-order valence-corrected chi connectivity index (χ1v) is 5.53. The Labute approximate surface area is 109 Å². The highest BCUT2D eigenvalue weighted by atomic mass is 19.1. The predicted octanol–water partition coefficient (Wildman–Crippen LogP) is 1.68. The van der Waals surface area contributed by atoms with Gasteiger partial charge in [-0.1, -0.05) is 0 Å². The fourth-order valence-corrected chi connectivity index (χ4v) is 1.42. The van der Waals surface area contributed by atoms with Crippen LogP contribution in [0.15, 0.2) is 18.2 Å². The predicted molar refractivity (Wildman–Crippen MR) is 66.9 cm³/mol. The van der Waals surface area contributed by atoms with E-state index < -0.39 is 17.8 Å². The van der Waals surface area contributed by atoms with Gasteiger partial charge in [0.25, 0.3) is 0 Å². The average Bonchev–Trinajstić information content (AvgIpc) is 2.31. The first kappa shape index (κ1) is 14.9. The van der Waals surface area contributed by atoms with Crippen LogP contribution in [0.1, 0.15) is 17.3 Å². The molecule has 1 aromatic carbocycles. The van der Waals surface area contributed by atoms with Gasteiger partial charge in [-0.2, -0.15) is 0 Å². The number of anilines is 1. The summed E-state index contributed by atoms with van der Waals surface area (Å²) in [7, 11) is 1.50. The van der Waals surface area contributed by atoms with Gasteiger partial charge in [0.1, 0.15) is 5.82 Å². The van der Waals surface area contributed by atoms with E-state index in [0.29, 0.717) is 6.61 Å². The normalized spacial score (nSPS) is 11.7. The molecular weight excluding hydrogens is 255 g/mol. The zero-order chi connectivity index (χ0) is 14.4. The van der Waals surface area contributed by atoms with E-state index in [9.17, 15) is 14.0 Å². The molecule has 7 heteroatoms. The Morgan fingerprint density at radius 2 is 2.16 bits per heavy atom. The summed E-state index contributed by atoms with van der Waals surface area (Å²) in [4.78, 5) is 22.1. The SMILES string of the molecule is COCC(C)NC(=O)Nc1ccc(C(=O)O)cc1F. The van der Waals surface area contributed by atoms with Crippen molar-refractivity contribution in [2.75, 3.05) is 19.0 Å². The minimum atomic E-state index is -1.23. The molecule has 0 aromatic heterocycles. The molecule has 0 aliphatic carbocycles. The third kappa shape index (κ3) is 4.55. The van der Waals surface area contributed by atoms with Crippen molar-refractivity contribution in [3.05, 3.63) is 29.6 Å². The molecule has 0 aliphatic rings. The summed E-state index contributed by atoms with van der Waals surface area (Å²) in [6.45, 7) is 2.06. The van der Waals surface area contributed by atoms with Gasteiger partial charge in [0.15, 0.2) is 0 Å². The maximum atomic E-state index is 13.5. The first-order valence-electron chi connectivity index (χ1n) is 5.53. The van der Waals surface area contributed by atoms with Gasteiger partial charge < -0.3 is 20.5 Å². The summed E-state index contributed by atoms with van der Waals surface area (Å²) in [6, 6.07) is 2.42. The number of rotatable bonds is 5. The third-order valence-electron chi connectivity index (χ3n) is 2.26. The quantitative estimate of drug-likeness (QED) is 0.759. The van der Waals surface area contributed by atoms with Crippen LogP contribution < -0.4 is 10.6 Å². The van der Waals surface area contributed by atoms with E-state index >= 15 is 0 Å². The molecule has 1 rings (SSSR count). The van der Waals surface area contributed by atoms with Crippen molar-refractivity contribution in [2.24, 2.45) is 0 Å². The molecular formula is C12H15FN2O4. The molecule has 1 atom stereocenters. The van der Waals surface area contributed by atoms with Gasteiger partial charge in [0, 0.05) is 7.11 Å². The molecule has 1 aromatic rings. The minimum absolute atomic E-state index is 0.0906. The van der Waals surface area contributed by atoms with Crippen molar-refractivity contribution in [1.82, 2.24) is 5.32 Å². The molecule has 0 saturated carbocycles.